The average Bonchev–Trinajstić information content (AvgIpc) is 2.35. The van der Waals surface area contributed by atoms with E-state index in [9.17, 15) is 5.26 Å². The first kappa shape index (κ1) is 13.9. The lowest BCUT2D eigenvalue weighted by atomic mass is 9.77. The normalized spacial score (nSPS) is 30.3. The summed E-state index contributed by atoms with van der Waals surface area (Å²) >= 11 is 1.88. The van der Waals surface area contributed by atoms with Gasteiger partial charge in [-0.25, -0.2) is 0 Å². The summed E-state index contributed by atoms with van der Waals surface area (Å²) in [6.45, 7) is 3.39. The van der Waals surface area contributed by atoms with Gasteiger partial charge in [-0.2, -0.15) is 17.0 Å². The molecule has 0 aromatic heterocycles. The molecule has 0 spiro atoms. The quantitative estimate of drug-likeness (QED) is 0.739. The second-order valence-electron chi connectivity index (χ2n) is 4.86. The standard InChI is InChI=1S/C13H24N2S/c1-4-11-5-6-12(10-14)13(9-11)15(2)7-8-16-3/h11-13H,4-9H2,1-3H3. The van der Waals surface area contributed by atoms with Crippen molar-refractivity contribution in [3.63, 3.8) is 0 Å². The van der Waals surface area contributed by atoms with Gasteiger partial charge in [0.25, 0.3) is 0 Å². The molecular weight excluding hydrogens is 216 g/mol. The molecule has 92 valence electrons. The molecule has 0 radical (unpaired) electrons. The fraction of sp³-hybridized carbons (Fsp3) is 0.923. The summed E-state index contributed by atoms with van der Waals surface area (Å²) in [5.74, 6) is 2.27. The van der Waals surface area contributed by atoms with Crippen molar-refractivity contribution < 1.29 is 0 Å². The number of hydrogen-bond acceptors (Lipinski definition) is 3. The van der Waals surface area contributed by atoms with Crippen LogP contribution in [0.4, 0.5) is 0 Å². The molecule has 1 saturated carbocycles. The van der Waals surface area contributed by atoms with Crippen LogP contribution in [0.3, 0.4) is 0 Å². The molecule has 0 aromatic carbocycles. The van der Waals surface area contributed by atoms with Crippen molar-refractivity contribution in [2.75, 3.05) is 25.6 Å². The number of nitriles is 1. The minimum absolute atomic E-state index is 0.259. The van der Waals surface area contributed by atoms with E-state index in [1.807, 2.05) is 11.8 Å². The third-order valence-corrected chi connectivity index (χ3v) is 4.47. The lowest BCUT2D eigenvalue weighted by Gasteiger charge is -2.38. The van der Waals surface area contributed by atoms with E-state index in [-0.39, 0.29) is 5.92 Å². The molecule has 3 atom stereocenters. The van der Waals surface area contributed by atoms with Gasteiger partial charge in [0.1, 0.15) is 0 Å². The number of rotatable bonds is 5. The van der Waals surface area contributed by atoms with Crippen LogP contribution in [0.5, 0.6) is 0 Å². The van der Waals surface area contributed by atoms with E-state index in [0.29, 0.717) is 6.04 Å². The maximum absolute atomic E-state index is 9.21. The summed E-state index contributed by atoms with van der Waals surface area (Å²) < 4.78 is 0. The lowest BCUT2D eigenvalue weighted by Crippen LogP contribution is -2.42. The van der Waals surface area contributed by atoms with E-state index in [1.54, 1.807) is 0 Å². The van der Waals surface area contributed by atoms with E-state index >= 15 is 0 Å². The fourth-order valence-corrected chi connectivity index (χ4v) is 3.11. The number of thioether (sulfide) groups is 1. The molecule has 0 amide bonds. The molecule has 3 heteroatoms. The molecule has 0 heterocycles. The second kappa shape index (κ2) is 7.19. The molecule has 0 saturated heterocycles. The van der Waals surface area contributed by atoms with Gasteiger partial charge in [0.15, 0.2) is 0 Å². The Morgan fingerprint density at radius 3 is 2.75 bits per heavy atom. The molecule has 0 bridgehead atoms. The van der Waals surface area contributed by atoms with Gasteiger partial charge < -0.3 is 4.90 Å². The fourth-order valence-electron chi connectivity index (χ4n) is 2.64. The summed E-state index contributed by atoms with van der Waals surface area (Å²) in [7, 11) is 2.18. The topological polar surface area (TPSA) is 27.0 Å². The van der Waals surface area contributed by atoms with Gasteiger partial charge in [0.05, 0.1) is 12.0 Å². The van der Waals surface area contributed by atoms with E-state index in [1.165, 1.54) is 25.0 Å². The van der Waals surface area contributed by atoms with Crippen molar-refractivity contribution in [2.45, 2.75) is 38.6 Å². The Balaban J connectivity index is 2.54. The zero-order chi connectivity index (χ0) is 12.0. The van der Waals surface area contributed by atoms with Gasteiger partial charge in [0.2, 0.25) is 0 Å². The third kappa shape index (κ3) is 3.68. The Hall–Kier alpha value is -0.200. The molecule has 1 aliphatic rings. The highest BCUT2D eigenvalue weighted by molar-refractivity contribution is 7.98. The van der Waals surface area contributed by atoms with Crippen molar-refractivity contribution in [1.29, 1.82) is 5.26 Å². The van der Waals surface area contributed by atoms with Crippen molar-refractivity contribution in [2.24, 2.45) is 11.8 Å². The first-order chi connectivity index (χ1) is 7.72. The highest BCUT2D eigenvalue weighted by atomic mass is 32.2. The van der Waals surface area contributed by atoms with Crippen LogP contribution < -0.4 is 0 Å². The molecule has 3 unspecified atom stereocenters. The van der Waals surface area contributed by atoms with Gasteiger partial charge in [-0.15, -0.1) is 0 Å². The monoisotopic (exact) mass is 240 g/mol. The van der Waals surface area contributed by atoms with Gasteiger partial charge in [-0.3, -0.25) is 0 Å². The molecule has 16 heavy (non-hydrogen) atoms. The Bertz CT molecular complexity index is 237. The zero-order valence-electron chi connectivity index (χ0n) is 10.8. The van der Waals surface area contributed by atoms with Gasteiger partial charge >= 0.3 is 0 Å². The number of hydrogen-bond donors (Lipinski definition) is 0. The van der Waals surface area contributed by atoms with E-state index in [0.717, 1.165) is 18.9 Å². The van der Waals surface area contributed by atoms with Gasteiger partial charge in [-0.05, 0) is 38.5 Å². The predicted molar refractivity (Wildman–Crippen MR) is 71.5 cm³/mol. The average molecular weight is 240 g/mol. The van der Waals surface area contributed by atoms with Crippen LogP contribution in [0.2, 0.25) is 0 Å². The molecule has 1 aliphatic carbocycles. The Kier molecular flexibility index (Phi) is 6.23. The van der Waals surface area contributed by atoms with E-state index < -0.39 is 0 Å². The number of nitrogens with zero attached hydrogens (tertiary/aromatic N) is 2. The van der Waals surface area contributed by atoms with Crippen molar-refractivity contribution in [3.8, 4) is 6.07 Å². The SMILES string of the molecule is CCC1CCC(C#N)C(N(C)CCSC)C1. The highest BCUT2D eigenvalue weighted by Gasteiger charge is 2.32. The first-order valence-electron chi connectivity index (χ1n) is 6.31. The largest absolute Gasteiger partial charge is 0.301 e. The Morgan fingerprint density at radius 1 is 1.44 bits per heavy atom. The minimum Gasteiger partial charge on any atom is -0.301 e. The van der Waals surface area contributed by atoms with Gasteiger partial charge in [0, 0.05) is 18.3 Å². The summed E-state index contributed by atoms with van der Waals surface area (Å²) in [4.78, 5) is 2.41. The lowest BCUT2D eigenvalue weighted by molar-refractivity contribution is 0.130. The molecule has 0 aliphatic heterocycles. The van der Waals surface area contributed by atoms with Crippen molar-refractivity contribution >= 4 is 11.8 Å². The van der Waals surface area contributed by atoms with Crippen LogP contribution in [0.15, 0.2) is 0 Å². The van der Waals surface area contributed by atoms with Crippen molar-refractivity contribution in [1.82, 2.24) is 4.90 Å². The minimum atomic E-state index is 0.259. The molecule has 0 N–H and O–H groups in total. The highest BCUT2D eigenvalue weighted by Crippen LogP contribution is 2.33. The van der Waals surface area contributed by atoms with E-state index in [4.69, 9.17) is 0 Å². The summed E-state index contributed by atoms with van der Waals surface area (Å²) in [6, 6.07) is 3.00. The third-order valence-electron chi connectivity index (χ3n) is 3.88. The van der Waals surface area contributed by atoms with Crippen molar-refractivity contribution in [3.05, 3.63) is 0 Å². The van der Waals surface area contributed by atoms with Crippen LogP contribution in [0.25, 0.3) is 0 Å². The maximum atomic E-state index is 9.21. The molecule has 1 rings (SSSR count). The van der Waals surface area contributed by atoms with Crippen LogP contribution in [0.1, 0.15) is 32.6 Å². The zero-order valence-corrected chi connectivity index (χ0v) is 11.6. The van der Waals surface area contributed by atoms with Gasteiger partial charge in [-0.1, -0.05) is 13.3 Å². The summed E-state index contributed by atoms with van der Waals surface area (Å²) in [5, 5.41) is 9.21. The van der Waals surface area contributed by atoms with Crippen LogP contribution in [-0.2, 0) is 0 Å². The van der Waals surface area contributed by atoms with Crippen LogP contribution in [-0.4, -0.2) is 36.5 Å². The first-order valence-corrected chi connectivity index (χ1v) is 7.71. The smallest absolute Gasteiger partial charge is 0.0672 e. The maximum Gasteiger partial charge on any atom is 0.0672 e. The molecule has 2 nitrogen and oxygen atoms in total. The molecule has 0 aromatic rings. The Labute approximate surface area is 104 Å². The summed E-state index contributed by atoms with van der Waals surface area (Å²) in [6.07, 6.45) is 6.99. The molecular formula is C13H24N2S. The van der Waals surface area contributed by atoms with Crippen LogP contribution in [0, 0.1) is 23.2 Å². The van der Waals surface area contributed by atoms with Crippen LogP contribution >= 0.6 is 11.8 Å². The predicted octanol–water partition coefficient (Wildman–Crippen LogP) is 3.00. The Morgan fingerprint density at radius 2 is 2.19 bits per heavy atom. The van der Waals surface area contributed by atoms with E-state index in [2.05, 4.69) is 31.2 Å². The summed E-state index contributed by atoms with van der Waals surface area (Å²) in [5.41, 5.74) is 0. The molecule has 1 fully saturated rings. The second-order valence-corrected chi connectivity index (χ2v) is 5.85.